The van der Waals surface area contributed by atoms with Crippen molar-refractivity contribution in [1.82, 2.24) is 4.98 Å². The Hall–Kier alpha value is -1.54. The Bertz CT molecular complexity index is 570. The van der Waals surface area contributed by atoms with Gasteiger partial charge in [-0.05, 0) is 36.5 Å². The van der Waals surface area contributed by atoms with E-state index in [1.165, 1.54) is 17.5 Å². The fraction of sp³-hybridized carbons (Fsp3) is 0.312. The van der Waals surface area contributed by atoms with E-state index >= 15 is 0 Å². The van der Waals surface area contributed by atoms with Crippen LogP contribution in [-0.4, -0.2) is 4.98 Å². The second-order valence-electron chi connectivity index (χ2n) is 4.81. The second kappa shape index (κ2) is 5.62. The molecule has 2 aromatic rings. The summed E-state index contributed by atoms with van der Waals surface area (Å²) in [4.78, 5) is 4.18. The van der Waals surface area contributed by atoms with Crippen LogP contribution in [0.5, 0.6) is 5.75 Å². The van der Waals surface area contributed by atoms with Crippen LogP contribution in [0.25, 0.3) is 0 Å². The zero-order valence-electron chi connectivity index (χ0n) is 10.7. The first kappa shape index (κ1) is 12.5. The first-order valence-corrected chi connectivity index (χ1v) is 7.15. The number of benzene rings is 1. The minimum absolute atomic E-state index is 0.149. The lowest BCUT2D eigenvalue weighted by Gasteiger charge is -2.26. The molecule has 1 aliphatic carbocycles. The number of aromatic nitrogens is 1. The van der Waals surface area contributed by atoms with Crippen LogP contribution in [0, 0.1) is 0 Å². The molecular weight excluding hydrogens is 258 g/mol. The Morgan fingerprint density at radius 1 is 1.26 bits per heavy atom. The number of pyridine rings is 1. The third kappa shape index (κ3) is 2.74. The van der Waals surface area contributed by atoms with E-state index in [4.69, 9.17) is 16.3 Å². The van der Waals surface area contributed by atoms with Crippen LogP contribution >= 0.6 is 11.6 Å². The maximum absolute atomic E-state index is 6.13. The van der Waals surface area contributed by atoms with Gasteiger partial charge in [-0.25, -0.2) is 0 Å². The van der Waals surface area contributed by atoms with E-state index in [9.17, 15) is 0 Å². The highest BCUT2D eigenvalue weighted by molar-refractivity contribution is 6.16. The summed E-state index contributed by atoms with van der Waals surface area (Å²) in [5.74, 6) is 1.27. The van der Waals surface area contributed by atoms with Crippen molar-refractivity contribution in [1.29, 1.82) is 0 Å². The van der Waals surface area contributed by atoms with Gasteiger partial charge in [0.25, 0.3) is 0 Å². The lowest BCUT2D eigenvalue weighted by atomic mass is 9.89. The molecule has 98 valence electrons. The maximum atomic E-state index is 6.13. The number of halogens is 1. The SMILES string of the molecule is ClCc1cc(OC2CCCc3ccccc32)ccn1. The largest absolute Gasteiger partial charge is 0.486 e. The third-order valence-electron chi connectivity index (χ3n) is 3.52. The molecule has 0 saturated carbocycles. The topological polar surface area (TPSA) is 22.1 Å². The predicted molar refractivity (Wildman–Crippen MR) is 76.5 cm³/mol. The third-order valence-corrected chi connectivity index (χ3v) is 3.79. The fourth-order valence-corrected chi connectivity index (χ4v) is 2.74. The first-order valence-electron chi connectivity index (χ1n) is 6.62. The van der Waals surface area contributed by atoms with Gasteiger partial charge in [-0.1, -0.05) is 24.3 Å². The van der Waals surface area contributed by atoms with E-state index in [-0.39, 0.29) is 6.10 Å². The van der Waals surface area contributed by atoms with Gasteiger partial charge >= 0.3 is 0 Å². The number of fused-ring (bicyclic) bond motifs is 1. The minimum Gasteiger partial charge on any atom is -0.486 e. The zero-order chi connectivity index (χ0) is 13.1. The lowest BCUT2D eigenvalue weighted by Crippen LogP contribution is -2.15. The van der Waals surface area contributed by atoms with Crippen molar-refractivity contribution in [2.24, 2.45) is 0 Å². The molecule has 0 fully saturated rings. The van der Waals surface area contributed by atoms with E-state index in [0.29, 0.717) is 5.88 Å². The van der Waals surface area contributed by atoms with Gasteiger partial charge in [-0.3, -0.25) is 4.98 Å². The van der Waals surface area contributed by atoms with Crippen LogP contribution in [0.2, 0.25) is 0 Å². The lowest BCUT2D eigenvalue weighted by molar-refractivity contribution is 0.183. The van der Waals surface area contributed by atoms with Gasteiger partial charge < -0.3 is 4.74 Å². The van der Waals surface area contributed by atoms with E-state index in [0.717, 1.165) is 24.3 Å². The molecule has 0 saturated heterocycles. The van der Waals surface area contributed by atoms with Crippen molar-refractivity contribution in [2.45, 2.75) is 31.2 Å². The highest BCUT2D eigenvalue weighted by Gasteiger charge is 2.21. The highest BCUT2D eigenvalue weighted by Crippen LogP contribution is 2.33. The Morgan fingerprint density at radius 3 is 3.05 bits per heavy atom. The van der Waals surface area contributed by atoms with E-state index in [1.54, 1.807) is 6.20 Å². The van der Waals surface area contributed by atoms with Gasteiger partial charge in [-0.2, -0.15) is 0 Å². The molecule has 1 heterocycles. The molecule has 0 aliphatic heterocycles. The van der Waals surface area contributed by atoms with Crippen molar-refractivity contribution in [2.75, 3.05) is 0 Å². The number of rotatable bonds is 3. The summed E-state index contributed by atoms with van der Waals surface area (Å²) >= 11 is 5.80. The number of aryl methyl sites for hydroxylation is 1. The molecule has 1 atom stereocenters. The molecule has 0 radical (unpaired) electrons. The second-order valence-corrected chi connectivity index (χ2v) is 5.08. The van der Waals surface area contributed by atoms with E-state index in [2.05, 4.69) is 29.2 Å². The van der Waals surface area contributed by atoms with Crippen molar-refractivity contribution < 1.29 is 4.74 Å². The van der Waals surface area contributed by atoms with Gasteiger partial charge in [-0.15, -0.1) is 11.6 Å². The molecule has 0 bridgehead atoms. The summed E-state index contributed by atoms with van der Waals surface area (Å²) in [7, 11) is 0. The number of hydrogen-bond donors (Lipinski definition) is 0. The standard InChI is InChI=1S/C16H16ClNO/c17-11-13-10-14(8-9-18-13)19-16-7-3-5-12-4-1-2-6-15(12)16/h1-2,4,6,8-10,16H,3,5,7,11H2. The average molecular weight is 274 g/mol. The number of hydrogen-bond acceptors (Lipinski definition) is 2. The Labute approximate surface area is 118 Å². The van der Waals surface area contributed by atoms with Crippen LogP contribution in [0.4, 0.5) is 0 Å². The normalized spacial score (nSPS) is 17.8. The number of ether oxygens (including phenoxy) is 1. The van der Waals surface area contributed by atoms with Crippen molar-refractivity contribution in [3.05, 3.63) is 59.4 Å². The van der Waals surface area contributed by atoms with Crippen LogP contribution in [0.15, 0.2) is 42.6 Å². The molecule has 1 aromatic heterocycles. The minimum atomic E-state index is 0.149. The van der Waals surface area contributed by atoms with Gasteiger partial charge in [0.05, 0.1) is 11.6 Å². The van der Waals surface area contributed by atoms with Crippen LogP contribution in [0.1, 0.15) is 35.8 Å². The summed E-state index contributed by atoms with van der Waals surface area (Å²) in [5, 5.41) is 0. The molecule has 3 rings (SSSR count). The first-order chi connectivity index (χ1) is 9.36. The van der Waals surface area contributed by atoms with Gasteiger partial charge in [0.2, 0.25) is 0 Å². The Balaban J connectivity index is 1.84. The highest BCUT2D eigenvalue weighted by atomic mass is 35.5. The Morgan fingerprint density at radius 2 is 2.16 bits per heavy atom. The molecule has 0 amide bonds. The molecule has 1 aromatic carbocycles. The average Bonchev–Trinajstić information content (AvgIpc) is 2.48. The number of nitrogens with zero attached hydrogens (tertiary/aromatic N) is 1. The molecule has 0 spiro atoms. The quantitative estimate of drug-likeness (QED) is 0.779. The maximum Gasteiger partial charge on any atom is 0.124 e. The van der Waals surface area contributed by atoms with Crippen LogP contribution in [-0.2, 0) is 12.3 Å². The van der Waals surface area contributed by atoms with Gasteiger partial charge in [0.1, 0.15) is 11.9 Å². The summed E-state index contributed by atoms with van der Waals surface area (Å²) in [6, 6.07) is 12.4. The molecule has 1 unspecified atom stereocenters. The smallest absolute Gasteiger partial charge is 0.124 e. The fourth-order valence-electron chi connectivity index (χ4n) is 2.60. The van der Waals surface area contributed by atoms with Gasteiger partial charge in [0, 0.05) is 12.3 Å². The van der Waals surface area contributed by atoms with Gasteiger partial charge in [0.15, 0.2) is 0 Å². The van der Waals surface area contributed by atoms with Crippen molar-refractivity contribution >= 4 is 11.6 Å². The van der Waals surface area contributed by atoms with Crippen molar-refractivity contribution in [3.8, 4) is 5.75 Å². The molecule has 0 N–H and O–H groups in total. The predicted octanol–water partition coefficient (Wildman–Crippen LogP) is 4.28. The summed E-state index contributed by atoms with van der Waals surface area (Å²) in [6.45, 7) is 0. The van der Waals surface area contributed by atoms with Crippen molar-refractivity contribution in [3.63, 3.8) is 0 Å². The molecule has 3 heteroatoms. The number of alkyl halides is 1. The Kier molecular flexibility index (Phi) is 3.69. The summed E-state index contributed by atoms with van der Waals surface area (Å²) in [6.07, 6.45) is 5.29. The summed E-state index contributed by atoms with van der Waals surface area (Å²) < 4.78 is 6.13. The molecule has 19 heavy (non-hydrogen) atoms. The molecule has 2 nitrogen and oxygen atoms in total. The summed E-state index contributed by atoms with van der Waals surface area (Å²) in [5.41, 5.74) is 3.58. The molecular formula is C16H16ClNO. The van der Waals surface area contributed by atoms with Crippen LogP contribution < -0.4 is 4.74 Å². The molecule has 1 aliphatic rings. The van der Waals surface area contributed by atoms with E-state index < -0.39 is 0 Å². The zero-order valence-corrected chi connectivity index (χ0v) is 11.4. The van der Waals surface area contributed by atoms with Crippen LogP contribution in [0.3, 0.4) is 0 Å². The monoisotopic (exact) mass is 273 g/mol. The van der Waals surface area contributed by atoms with E-state index in [1.807, 2.05) is 12.1 Å².